The van der Waals surface area contributed by atoms with E-state index >= 15 is 0 Å². The highest BCUT2D eigenvalue weighted by atomic mass is 79.9. The number of esters is 1. The van der Waals surface area contributed by atoms with Gasteiger partial charge in [0.15, 0.2) is 10.6 Å². The van der Waals surface area contributed by atoms with Crippen molar-refractivity contribution in [3.63, 3.8) is 0 Å². The number of rotatable bonds is 4. The van der Waals surface area contributed by atoms with Crippen LogP contribution in [0, 0.1) is 6.92 Å². The molecule has 0 atom stereocenters. The van der Waals surface area contributed by atoms with Gasteiger partial charge in [0.2, 0.25) is 0 Å². The summed E-state index contributed by atoms with van der Waals surface area (Å²) in [5.41, 5.74) is 2.94. The van der Waals surface area contributed by atoms with Crippen LogP contribution in [0.1, 0.15) is 18.4 Å². The van der Waals surface area contributed by atoms with Crippen molar-refractivity contribution in [2.75, 3.05) is 6.61 Å². The molecule has 100 valence electrons. The summed E-state index contributed by atoms with van der Waals surface area (Å²) < 4.78 is 10.9. The molecule has 0 N–H and O–H groups in total. The Hall–Kier alpha value is -1.62. The number of carbonyl (C=O) groups excluding carboxylic acids is 1. The van der Waals surface area contributed by atoms with Gasteiger partial charge in [-0.25, -0.2) is 4.98 Å². The van der Waals surface area contributed by atoms with E-state index in [1.54, 1.807) is 0 Å². The second-order valence-corrected chi connectivity index (χ2v) is 4.91. The quantitative estimate of drug-likeness (QED) is 0.808. The summed E-state index contributed by atoms with van der Waals surface area (Å²) >= 11 is 3.36. The monoisotopic (exact) mass is 323 g/mol. The fraction of sp³-hybridized carbons (Fsp3) is 0.286. The summed E-state index contributed by atoms with van der Waals surface area (Å²) in [6.45, 7) is 3.69. The number of halogens is 1. The Bertz CT molecular complexity index is 575. The highest BCUT2D eigenvalue weighted by molar-refractivity contribution is 9.10. The Kier molecular flexibility index (Phi) is 4.37. The van der Waals surface area contributed by atoms with Gasteiger partial charge in [0.1, 0.15) is 5.69 Å². The summed E-state index contributed by atoms with van der Waals surface area (Å²) in [6.07, 6.45) is 0.462. The number of oxazole rings is 1. The maximum atomic E-state index is 10.7. The number of aryl methyl sites for hydroxylation is 1. The standard InChI is InChI=1S/C14H14BrNO3/c1-9-3-5-11(6-4-9)13-14(15)19-12(16-13)7-8-18-10(2)17/h3-6H,7-8H2,1-2H3. The van der Waals surface area contributed by atoms with Gasteiger partial charge in [-0.3, -0.25) is 4.79 Å². The fourth-order valence-electron chi connectivity index (χ4n) is 1.62. The zero-order valence-electron chi connectivity index (χ0n) is 10.8. The molecule has 5 heteroatoms. The van der Waals surface area contributed by atoms with Crippen LogP contribution in [-0.4, -0.2) is 17.6 Å². The smallest absolute Gasteiger partial charge is 0.302 e. The van der Waals surface area contributed by atoms with Gasteiger partial charge in [0, 0.05) is 12.5 Å². The van der Waals surface area contributed by atoms with Gasteiger partial charge in [-0.2, -0.15) is 0 Å². The van der Waals surface area contributed by atoms with Gasteiger partial charge >= 0.3 is 5.97 Å². The second-order valence-electron chi connectivity index (χ2n) is 4.19. The minimum absolute atomic E-state index is 0.273. The number of benzene rings is 1. The van der Waals surface area contributed by atoms with E-state index in [9.17, 15) is 4.79 Å². The molecule has 2 rings (SSSR count). The van der Waals surface area contributed by atoms with E-state index in [1.165, 1.54) is 12.5 Å². The van der Waals surface area contributed by atoms with E-state index in [0.717, 1.165) is 11.3 Å². The summed E-state index contributed by atoms with van der Waals surface area (Å²) in [6, 6.07) is 8.03. The molecular formula is C14H14BrNO3. The van der Waals surface area contributed by atoms with Crippen molar-refractivity contribution in [2.45, 2.75) is 20.3 Å². The minimum atomic E-state index is -0.302. The third kappa shape index (κ3) is 3.67. The van der Waals surface area contributed by atoms with Crippen molar-refractivity contribution in [3.05, 3.63) is 40.4 Å². The first-order valence-electron chi connectivity index (χ1n) is 5.92. The zero-order chi connectivity index (χ0) is 13.8. The highest BCUT2D eigenvalue weighted by Gasteiger charge is 2.12. The van der Waals surface area contributed by atoms with Crippen LogP contribution in [-0.2, 0) is 16.0 Å². The number of hydrogen-bond donors (Lipinski definition) is 0. The Labute approximate surface area is 119 Å². The van der Waals surface area contributed by atoms with Crippen LogP contribution >= 0.6 is 15.9 Å². The number of ether oxygens (including phenoxy) is 1. The topological polar surface area (TPSA) is 52.3 Å². The average molecular weight is 324 g/mol. The Morgan fingerprint density at radius 3 is 2.68 bits per heavy atom. The average Bonchev–Trinajstić information content (AvgIpc) is 2.71. The highest BCUT2D eigenvalue weighted by Crippen LogP contribution is 2.28. The zero-order valence-corrected chi connectivity index (χ0v) is 12.4. The van der Waals surface area contributed by atoms with Crippen molar-refractivity contribution in [1.29, 1.82) is 0 Å². The molecule has 4 nitrogen and oxygen atoms in total. The predicted octanol–water partition coefficient (Wildman–Crippen LogP) is 3.52. The number of nitrogens with zero attached hydrogens (tertiary/aromatic N) is 1. The van der Waals surface area contributed by atoms with Gasteiger partial charge in [-0.1, -0.05) is 29.8 Å². The van der Waals surface area contributed by atoms with Crippen molar-refractivity contribution in [3.8, 4) is 11.3 Å². The largest absolute Gasteiger partial charge is 0.465 e. The van der Waals surface area contributed by atoms with Crippen molar-refractivity contribution in [2.24, 2.45) is 0 Å². The Balaban J connectivity index is 2.12. The second kappa shape index (κ2) is 6.02. The van der Waals surface area contributed by atoms with Gasteiger partial charge < -0.3 is 9.15 Å². The van der Waals surface area contributed by atoms with E-state index in [0.29, 0.717) is 17.0 Å². The molecule has 0 saturated carbocycles. The van der Waals surface area contributed by atoms with Crippen molar-refractivity contribution < 1.29 is 13.9 Å². The summed E-state index contributed by atoms with van der Waals surface area (Å²) in [7, 11) is 0. The molecule has 1 aromatic heterocycles. The first kappa shape index (κ1) is 13.8. The lowest BCUT2D eigenvalue weighted by Gasteiger charge is -1.98. The van der Waals surface area contributed by atoms with E-state index in [1.807, 2.05) is 31.2 Å². The molecule has 0 aliphatic carbocycles. The molecular weight excluding hydrogens is 310 g/mol. The van der Waals surface area contributed by atoms with Gasteiger partial charge in [-0.15, -0.1) is 0 Å². The van der Waals surface area contributed by atoms with E-state index in [-0.39, 0.29) is 12.6 Å². The van der Waals surface area contributed by atoms with Gasteiger partial charge in [0.25, 0.3) is 0 Å². The number of carbonyl (C=O) groups is 1. The van der Waals surface area contributed by atoms with Crippen LogP contribution < -0.4 is 0 Å². The molecule has 0 radical (unpaired) electrons. The Morgan fingerprint density at radius 2 is 2.05 bits per heavy atom. The third-order valence-electron chi connectivity index (χ3n) is 2.58. The minimum Gasteiger partial charge on any atom is -0.465 e. The predicted molar refractivity (Wildman–Crippen MR) is 74.7 cm³/mol. The number of hydrogen-bond acceptors (Lipinski definition) is 4. The van der Waals surface area contributed by atoms with Crippen LogP contribution in [0.4, 0.5) is 0 Å². The third-order valence-corrected chi connectivity index (χ3v) is 3.11. The lowest BCUT2D eigenvalue weighted by molar-refractivity contribution is -0.140. The normalized spacial score (nSPS) is 10.5. The molecule has 0 fully saturated rings. The number of aromatic nitrogens is 1. The van der Waals surface area contributed by atoms with Crippen LogP contribution in [0.15, 0.2) is 33.4 Å². The van der Waals surface area contributed by atoms with Gasteiger partial charge in [0.05, 0.1) is 13.0 Å². The van der Waals surface area contributed by atoms with E-state index in [4.69, 9.17) is 9.15 Å². The van der Waals surface area contributed by atoms with E-state index in [2.05, 4.69) is 20.9 Å². The molecule has 0 saturated heterocycles. The van der Waals surface area contributed by atoms with Crippen molar-refractivity contribution >= 4 is 21.9 Å². The molecule has 1 aromatic carbocycles. The molecule has 0 aliphatic heterocycles. The van der Waals surface area contributed by atoms with Crippen LogP contribution in [0.5, 0.6) is 0 Å². The summed E-state index contributed by atoms with van der Waals surface area (Å²) in [4.78, 5) is 15.1. The lowest BCUT2D eigenvalue weighted by atomic mass is 10.1. The summed E-state index contributed by atoms with van der Waals surface area (Å²) in [5, 5.41) is 0. The van der Waals surface area contributed by atoms with Crippen molar-refractivity contribution in [1.82, 2.24) is 4.98 Å². The fourth-order valence-corrected chi connectivity index (χ4v) is 2.13. The molecule has 1 heterocycles. The lowest BCUT2D eigenvalue weighted by Crippen LogP contribution is -2.03. The molecule has 0 unspecified atom stereocenters. The Morgan fingerprint density at radius 1 is 1.37 bits per heavy atom. The molecule has 19 heavy (non-hydrogen) atoms. The van der Waals surface area contributed by atoms with Gasteiger partial charge in [-0.05, 0) is 22.9 Å². The molecule has 2 aromatic rings. The molecule has 0 bridgehead atoms. The summed E-state index contributed by atoms with van der Waals surface area (Å²) in [5.74, 6) is 0.244. The maximum absolute atomic E-state index is 10.7. The van der Waals surface area contributed by atoms with Crippen LogP contribution in [0.3, 0.4) is 0 Å². The first-order valence-corrected chi connectivity index (χ1v) is 6.71. The van der Waals surface area contributed by atoms with Crippen LogP contribution in [0.25, 0.3) is 11.3 Å². The molecule has 0 amide bonds. The SMILES string of the molecule is CC(=O)OCCc1nc(-c2ccc(C)cc2)c(Br)o1. The van der Waals surface area contributed by atoms with Crippen LogP contribution in [0.2, 0.25) is 0 Å². The molecule has 0 spiro atoms. The maximum Gasteiger partial charge on any atom is 0.302 e. The van der Waals surface area contributed by atoms with E-state index < -0.39 is 0 Å². The first-order chi connectivity index (χ1) is 9.06. The molecule has 0 aliphatic rings.